The molecule has 0 radical (unpaired) electrons. The van der Waals surface area contributed by atoms with E-state index in [1.54, 1.807) is 7.11 Å². The van der Waals surface area contributed by atoms with Crippen LogP contribution in [0.4, 0.5) is 5.69 Å². The van der Waals surface area contributed by atoms with Gasteiger partial charge in [-0.05, 0) is 30.4 Å². The summed E-state index contributed by atoms with van der Waals surface area (Å²) in [6.07, 6.45) is 3.26. The van der Waals surface area contributed by atoms with Crippen LogP contribution in [-0.4, -0.2) is 45.4 Å². The SMILES string of the molecule is CCC(CSC)N(C)c1ccc(CNCCOC)cc1Cl. The standard InChI is InChI=1S/C16H27ClN2OS/c1-5-14(12-21-4)19(2)16-7-6-13(10-15(16)17)11-18-8-9-20-3/h6-7,10,14,18H,5,8-9,11-12H2,1-4H3. The first-order valence-electron chi connectivity index (χ1n) is 7.33. The lowest BCUT2D eigenvalue weighted by molar-refractivity contribution is 0.199. The monoisotopic (exact) mass is 330 g/mol. The van der Waals surface area contributed by atoms with E-state index in [9.17, 15) is 0 Å². The van der Waals surface area contributed by atoms with Crippen molar-refractivity contribution in [2.24, 2.45) is 0 Å². The number of nitrogens with zero attached hydrogens (tertiary/aromatic N) is 1. The highest BCUT2D eigenvalue weighted by molar-refractivity contribution is 7.98. The van der Waals surface area contributed by atoms with Crippen LogP contribution < -0.4 is 10.2 Å². The zero-order chi connectivity index (χ0) is 15.7. The molecule has 0 bridgehead atoms. The Morgan fingerprint density at radius 1 is 1.43 bits per heavy atom. The average Bonchev–Trinajstić information content (AvgIpc) is 2.48. The van der Waals surface area contributed by atoms with Gasteiger partial charge in [0.25, 0.3) is 0 Å². The summed E-state index contributed by atoms with van der Waals surface area (Å²) in [5, 5.41) is 4.15. The van der Waals surface area contributed by atoms with Crippen molar-refractivity contribution in [3.63, 3.8) is 0 Å². The molecule has 120 valence electrons. The zero-order valence-corrected chi connectivity index (χ0v) is 15.1. The molecule has 0 fully saturated rings. The van der Waals surface area contributed by atoms with E-state index >= 15 is 0 Å². The van der Waals surface area contributed by atoms with Crippen molar-refractivity contribution in [3.8, 4) is 0 Å². The molecular formula is C16H27ClN2OS. The van der Waals surface area contributed by atoms with Gasteiger partial charge in [0.05, 0.1) is 17.3 Å². The van der Waals surface area contributed by atoms with Crippen LogP contribution in [-0.2, 0) is 11.3 Å². The van der Waals surface area contributed by atoms with Gasteiger partial charge in [0.15, 0.2) is 0 Å². The third-order valence-corrected chi connectivity index (χ3v) is 4.60. The van der Waals surface area contributed by atoms with Crippen LogP contribution in [0.3, 0.4) is 0 Å². The predicted octanol–water partition coefficient (Wildman–Crippen LogP) is 3.65. The number of hydrogen-bond donors (Lipinski definition) is 1. The molecule has 0 heterocycles. The van der Waals surface area contributed by atoms with Crippen LogP contribution >= 0.6 is 23.4 Å². The van der Waals surface area contributed by atoms with Crippen LogP contribution in [0.25, 0.3) is 0 Å². The Morgan fingerprint density at radius 3 is 2.76 bits per heavy atom. The number of ether oxygens (including phenoxy) is 1. The molecule has 1 aromatic carbocycles. The molecule has 0 saturated carbocycles. The predicted molar refractivity (Wildman–Crippen MR) is 95.9 cm³/mol. The smallest absolute Gasteiger partial charge is 0.0642 e. The summed E-state index contributed by atoms with van der Waals surface area (Å²) in [5.41, 5.74) is 2.31. The van der Waals surface area contributed by atoms with Crippen LogP contribution in [0, 0.1) is 0 Å². The molecule has 0 aliphatic carbocycles. The van der Waals surface area contributed by atoms with Crippen LogP contribution in [0.5, 0.6) is 0 Å². The van der Waals surface area contributed by atoms with Crippen molar-refractivity contribution < 1.29 is 4.74 Å². The summed E-state index contributed by atoms with van der Waals surface area (Å²) in [6.45, 7) is 4.61. The lowest BCUT2D eigenvalue weighted by Crippen LogP contribution is -2.33. The second-order valence-electron chi connectivity index (χ2n) is 5.08. The van der Waals surface area contributed by atoms with Crippen LogP contribution in [0.2, 0.25) is 5.02 Å². The summed E-state index contributed by atoms with van der Waals surface area (Å²) in [5.74, 6) is 1.11. The maximum absolute atomic E-state index is 6.46. The van der Waals surface area contributed by atoms with Crippen molar-refractivity contribution in [1.29, 1.82) is 0 Å². The number of methoxy groups -OCH3 is 1. The maximum atomic E-state index is 6.46. The fourth-order valence-electron chi connectivity index (χ4n) is 2.25. The summed E-state index contributed by atoms with van der Waals surface area (Å²) >= 11 is 8.34. The Morgan fingerprint density at radius 2 is 2.19 bits per heavy atom. The maximum Gasteiger partial charge on any atom is 0.0642 e. The molecule has 0 spiro atoms. The van der Waals surface area contributed by atoms with E-state index in [1.165, 1.54) is 5.56 Å². The highest BCUT2D eigenvalue weighted by atomic mass is 35.5. The molecular weight excluding hydrogens is 304 g/mol. The van der Waals surface area contributed by atoms with Gasteiger partial charge in [0.1, 0.15) is 0 Å². The van der Waals surface area contributed by atoms with Gasteiger partial charge in [-0.25, -0.2) is 0 Å². The number of anilines is 1. The number of thioether (sulfide) groups is 1. The third kappa shape index (κ3) is 6.07. The van der Waals surface area contributed by atoms with Crippen molar-refractivity contribution in [1.82, 2.24) is 5.32 Å². The summed E-state index contributed by atoms with van der Waals surface area (Å²) < 4.78 is 5.02. The minimum atomic E-state index is 0.517. The van der Waals surface area contributed by atoms with Gasteiger partial charge in [-0.15, -0.1) is 0 Å². The zero-order valence-electron chi connectivity index (χ0n) is 13.5. The van der Waals surface area contributed by atoms with Gasteiger partial charge in [-0.1, -0.05) is 24.6 Å². The van der Waals surface area contributed by atoms with Crippen LogP contribution in [0.1, 0.15) is 18.9 Å². The number of benzene rings is 1. The van der Waals surface area contributed by atoms with Gasteiger partial charge < -0.3 is 15.0 Å². The summed E-state index contributed by atoms with van der Waals surface area (Å²) in [6, 6.07) is 6.84. The summed E-state index contributed by atoms with van der Waals surface area (Å²) in [4.78, 5) is 2.29. The van der Waals surface area contributed by atoms with E-state index in [-0.39, 0.29) is 0 Å². The van der Waals surface area contributed by atoms with E-state index in [0.29, 0.717) is 6.04 Å². The Balaban J connectivity index is 2.68. The molecule has 0 aromatic heterocycles. The number of hydrogen-bond acceptors (Lipinski definition) is 4. The molecule has 0 aliphatic heterocycles. The van der Waals surface area contributed by atoms with Gasteiger partial charge in [-0.3, -0.25) is 0 Å². The number of rotatable bonds is 10. The minimum absolute atomic E-state index is 0.517. The topological polar surface area (TPSA) is 24.5 Å². The van der Waals surface area contributed by atoms with Gasteiger partial charge in [-0.2, -0.15) is 11.8 Å². The van der Waals surface area contributed by atoms with Crippen molar-refractivity contribution in [2.75, 3.05) is 44.2 Å². The van der Waals surface area contributed by atoms with Crippen LogP contribution in [0.15, 0.2) is 18.2 Å². The first-order valence-corrected chi connectivity index (χ1v) is 9.11. The van der Waals surface area contributed by atoms with E-state index in [1.807, 2.05) is 11.8 Å². The summed E-state index contributed by atoms with van der Waals surface area (Å²) in [7, 11) is 3.84. The van der Waals surface area contributed by atoms with Gasteiger partial charge in [0.2, 0.25) is 0 Å². The first kappa shape index (κ1) is 18.6. The molecule has 1 N–H and O–H groups in total. The lowest BCUT2D eigenvalue weighted by atomic mass is 10.1. The van der Waals surface area contributed by atoms with Gasteiger partial charge in [0, 0.05) is 39.0 Å². The number of halogens is 1. The molecule has 3 nitrogen and oxygen atoms in total. The normalized spacial score (nSPS) is 12.4. The van der Waals surface area contributed by atoms with E-state index in [2.05, 4.69) is 48.6 Å². The Bertz CT molecular complexity index is 417. The quantitative estimate of drug-likeness (QED) is 0.662. The number of nitrogens with one attached hydrogen (secondary N) is 1. The second-order valence-corrected chi connectivity index (χ2v) is 6.40. The molecule has 1 unspecified atom stereocenters. The van der Waals surface area contributed by atoms with E-state index < -0.39 is 0 Å². The van der Waals surface area contributed by atoms with Crippen molar-refractivity contribution in [3.05, 3.63) is 28.8 Å². The molecule has 0 amide bonds. The highest BCUT2D eigenvalue weighted by Gasteiger charge is 2.15. The van der Waals surface area contributed by atoms with E-state index in [0.717, 1.165) is 42.6 Å². The average molecular weight is 331 g/mol. The fourth-order valence-corrected chi connectivity index (χ4v) is 3.43. The Kier molecular flexibility index (Phi) is 9.16. The van der Waals surface area contributed by atoms with Crippen molar-refractivity contribution >= 4 is 29.1 Å². The van der Waals surface area contributed by atoms with E-state index in [4.69, 9.17) is 16.3 Å². The lowest BCUT2D eigenvalue weighted by Gasteiger charge is -2.29. The van der Waals surface area contributed by atoms with Crippen molar-refractivity contribution in [2.45, 2.75) is 25.9 Å². The second kappa shape index (κ2) is 10.3. The third-order valence-electron chi connectivity index (χ3n) is 3.58. The Labute approximate surface area is 138 Å². The molecule has 1 atom stereocenters. The highest BCUT2D eigenvalue weighted by Crippen LogP contribution is 2.28. The molecule has 0 saturated heterocycles. The van der Waals surface area contributed by atoms with Gasteiger partial charge >= 0.3 is 0 Å². The Hall–Kier alpha value is -0.420. The molecule has 5 heteroatoms. The molecule has 1 aromatic rings. The molecule has 1 rings (SSSR count). The first-order chi connectivity index (χ1) is 10.1. The molecule has 21 heavy (non-hydrogen) atoms. The largest absolute Gasteiger partial charge is 0.383 e. The fraction of sp³-hybridized carbons (Fsp3) is 0.625. The minimum Gasteiger partial charge on any atom is -0.383 e. The molecule has 0 aliphatic rings.